The zero-order valence-electron chi connectivity index (χ0n) is 21.2. The highest BCUT2D eigenvalue weighted by Gasteiger charge is 2.29. The molecule has 208 valence electrons. The third-order valence-electron chi connectivity index (χ3n) is 5.54. The number of carbonyl (C=O) groups excluding carboxylic acids is 1. The van der Waals surface area contributed by atoms with Gasteiger partial charge in [-0.05, 0) is 55.5 Å². The second-order valence-electron chi connectivity index (χ2n) is 8.61. The monoisotopic (exact) mass is 547 g/mol. The highest BCUT2D eigenvalue weighted by atomic mass is 19.4. The molecule has 13 heteroatoms. The van der Waals surface area contributed by atoms with Crippen molar-refractivity contribution in [2.45, 2.75) is 38.4 Å². The van der Waals surface area contributed by atoms with Gasteiger partial charge >= 0.3 is 18.2 Å². The number of benzene rings is 2. The highest BCUT2D eigenvalue weighted by Crippen LogP contribution is 2.27. The SMILES string of the molecule is COC(=O)c1ccc2cc1OCCCCCCOc1cccc(c1)CNc1nc(nc(OCC(F)(F)F)n1)N2. The van der Waals surface area contributed by atoms with Gasteiger partial charge < -0.3 is 29.6 Å². The molecule has 0 fully saturated rings. The van der Waals surface area contributed by atoms with E-state index in [0.29, 0.717) is 24.7 Å². The fraction of sp³-hybridized carbons (Fsp3) is 0.385. The number of hydrogen-bond donors (Lipinski definition) is 2. The third kappa shape index (κ3) is 8.62. The van der Waals surface area contributed by atoms with Crippen LogP contribution in [0.15, 0.2) is 42.5 Å². The number of nitrogens with one attached hydrogen (secondary N) is 2. The maximum absolute atomic E-state index is 12.8. The summed E-state index contributed by atoms with van der Waals surface area (Å²) in [6.07, 6.45) is -1.09. The van der Waals surface area contributed by atoms with Crippen LogP contribution >= 0.6 is 0 Å². The van der Waals surface area contributed by atoms with Gasteiger partial charge in [-0.25, -0.2) is 4.79 Å². The molecule has 39 heavy (non-hydrogen) atoms. The molecule has 0 radical (unpaired) electrons. The summed E-state index contributed by atoms with van der Waals surface area (Å²) in [7, 11) is 1.27. The second-order valence-corrected chi connectivity index (χ2v) is 8.61. The molecule has 10 nitrogen and oxygen atoms in total. The predicted molar refractivity (Wildman–Crippen MR) is 136 cm³/mol. The predicted octanol–water partition coefficient (Wildman–Crippen LogP) is 5.29. The van der Waals surface area contributed by atoms with Crippen molar-refractivity contribution in [1.29, 1.82) is 0 Å². The summed E-state index contributed by atoms with van der Waals surface area (Å²) in [5.74, 6) is 0.332. The minimum atomic E-state index is -4.58. The number of anilines is 3. The smallest absolute Gasteiger partial charge is 0.422 e. The molecule has 3 aromatic rings. The van der Waals surface area contributed by atoms with Crippen LogP contribution < -0.4 is 24.8 Å². The lowest BCUT2D eigenvalue weighted by Gasteiger charge is -2.15. The molecule has 2 aromatic carbocycles. The highest BCUT2D eigenvalue weighted by molar-refractivity contribution is 5.93. The minimum absolute atomic E-state index is 0.00643. The number of halogens is 3. The number of ether oxygens (including phenoxy) is 4. The normalized spacial score (nSPS) is 14.5. The van der Waals surface area contributed by atoms with Crippen molar-refractivity contribution in [3.8, 4) is 17.5 Å². The van der Waals surface area contributed by atoms with Gasteiger partial charge in [0.2, 0.25) is 11.9 Å². The summed E-state index contributed by atoms with van der Waals surface area (Å²) in [6.45, 7) is -0.382. The van der Waals surface area contributed by atoms with Crippen molar-refractivity contribution < 1.29 is 36.9 Å². The first-order valence-corrected chi connectivity index (χ1v) is 12.3. The molecule has 2 heterocycles. The third-order valence-corrected chi connectivity index (χ3v) is 5.54. The van der Waals surface area contributed by atoms with Gasteiger partial charge in [0.15, 0.2) is 6.61 Å². The van der Waals surface area contributed by atoms with Crippen LogP contribution in [0.25, 0.3) is 0 Å². The Bertz CT molecular complexity index is 1270. The number of rotatable bonds is 3. The van der Waals surface area contributed by atoms with Gasteiger partial charge in [-0.2, -0.15) is 28.1 Å². The largest absolute Gasteiger partial charge is 0.494 e. The van der Waals surface area contributed by atoms with Crippen LogP contribution in [0.4, 0.5) is 30.8 Å². The fourth-order valence-corrected chi connectivity index (χ4v) is 3.69. The Morgan fingerprint density at radius 2 is 1.74 bits per heavy atom. The second kappa shape index (κ2) is 13.0. The quantitative estimate of drug-likeness (QED) is 0.419. The summed E-state index contributed by atoms with van der Waals surface area (Å²) >= 11 is 0. The van der Waals surface area contributed by atoms with E-state index in [1.165, 1.54) is 13.2 Å². The number of esters is 1. The number of nitrogens with zero attached hydrogens (tertiary/aromatic N) is 3. The van der Waals surface area contributed by atoms with E-state index in [9.17, 15) is 18.0 Å². The zero-order valence-corrected chi connectivity index (χ0v) is 21.2. The molecule has 4 rings (SSSR count). The van der Waals surface area contributed by atoms with Gasteiger partial charge in [0.1, 0.15) is 17.1 Å². The molecular weight excluding hydrogens is 519 g/mol. The summed E-state index contributed by atoms with van der Waals surface area (Å²) < 4.78 is 59.7. The van der Waals surface area contributed by atoms with Gasteiger partial charge in [-0.3, -0.25) is 0 Å². The van der Waals surface area contributed by atoms with E-state index >= 15 is 0 Å². The van der Waals surface area contributed by atoms with Crippen LogP contribution in [0.2, 0.25) is 0 Å². The molecule has 0 unspecified atom stereocenters. The van der Waals surface area contributed by atoms with Crippen LogP contribution in [-0.4, -0.2) is 54.0 Å². The van der Waals surface area contributed by atoms with Crippen molar-refractivity contribution >= 4 is 23.6 Å². The molecule has 0 aliphatic carbocycles. The summed E-state index contributed by atoms with van der Waals surface area (Å²) in [4.78, 5) is 24.4. The maximum Gasteiger partial charge on any atom is 0.422 e. The van der Waals surface area contributed by atoms with Crippen molar-refractivity contribution in [2.75, 3.05) is 37.6 Å². The van der Waals surface area contributed by atoms with Crippen molar-refractivity contribution in [2.24, 2.45) is 0 Å². The average molecular weight is 548 g/mol. The summed E-state index contributed by atoms with van der Waals surface area (Å²) in [5, 5.41) is 5.90. The van der Waals surface area contributed by atoms with E-state index in [0.717, 1.165) is 31.2 Å². The van der Waals surface area contributed by atoms with E-state index in [-0.39, 0.29) is 29.8 Å². The molecular formula is C26H28F3N5O5. The molecule has 0 amide bonds. The van der Waals surface area contributed by atoms with Crippen molar-refractivity contribution in [3.05, 3.63) is 53.6 Å². The first kappa shape index (κ1) is 27.7. The van der Waals surface area contributed by atoms with Gasteiger partial charge in [-0.15, -0.1) is 0 Å². The molecule has 0 saturated carbocycles. The number of carbonyl (C=O) groups is 1. The van der Waals surface area contributed by atoms with Gasteiger partial charge in [0, 0.05) is 18.3 Å². The van der Waals surface area contributed by atoms with Gasteiger partial charge in [-0.1, -0.05) is 12.1 Å². The van der Waals surface area contributed by atoms with Crippen LogP contribution in [0.1, 0.15) is 41.6 Å². The topological polar surface area (TPSA) is 117 Å². The number of methoxy groups -OCH3 is 1. The Hall–Kier alpha value is -4.29. The lowest BCUT2D eigenvalue weighted by Crippen LogP contribution is -2.21. The first-order chi connectivity index (χ1) is 18.8. The van der Waals surface area contributed by atoms with E-state index in [1.54, 1.807) is 12.1 Å². The zero-order chi connectivity index (χ0) is 27.7. The molecule has 0 spiro atoms. The molecule has 6 bridgehead atoms. The standard InChI is InChI=1S/C26H28F3N5O5/c1-36-22(35)20-10-9-18-14-21(20)38-12-5-3-2-4-11-37-19-8-6-7-17(13-19)15-30-23-32-24(31-18)34-25(33-23)39-16-26(27,28)29/h6-10,13-14H,2-5,11-12,15-16H2,1H3,(H2,30,31,32,33,34). The van der Waals surface area contributed by atoms with Crippen LogP contribution in [0, 0.1) is 0 Å². The first-order valence-electron chi connectivity index (χ1n) is 12.3. The molecule has 1 aliphatic rings. The minimum Gasteiger partial charge on any atom is -0.494 e. The van der Waals surface area contributed by atoms with Gasteiger partial charge in [0.25, 0.3) is 0 Å². The number of fused-ring (bicyclic) bond motifs is 6. The molecule has 0 atom stereocenters. The molecule has 0 saturated heterocycles. The van der Waals surface area contributed by atoms with E-state index < -0.39 is 24.8 Å². The number of hydrogen-bond acceptors (Lipinski definition) is 10. The van der Waals surface area contributed by atoms with E-state index in [2.05, 4.69) is 25.6 Å². The Balaban J connectivity index is 1.65. The molecule has 1 aromatic heterocycles. The van der Waals surface area contributed by atoms with Crippen LogP contribution in [-0.2, 0) is 11.3 Å². The van der Waals surface area contributed by atoms with Gasteiger partial charge in [0.05, 0.1) is 20.3 Å². The van der Waals surface area contributed by atoms with E-state index in [1.807, 2.05) is 24.3 Å². The fourth-order valence-electron chi connectivity index (χ4n) is 3.69. The van der Waals surface area contributed by atoms with Crippen molar-refractivity contribution in [3.63, 3.8) is 0 Å². The lowest BCUT2D eigenvalue weighted by molar-refractivity contribution is -0.154. The van der Waals surface area contributed by atoms with Crippen LogP contribution in [0.3, 0.4) is 0 Å². The Morgan fingerprint density at radius 3 is 2.51 bits per heavy atom. The molecule has 2 N–H and O–H groups in total. The Morgan fingerprint density at radius 1 is 0.974 bits per heavy atom. The Labute approximate surface area is 222 Å². The average Bonchev–Trinajstić information content (AvgIpc) is 2.91. The van der Waals surface area contributed by atoms with Crippen LogP contribution in [0.5, 0.6) is 17.5 Å². The number of alkyl halides is 3. The Kier molecular flexibility index (Phi) is 9.23. The molecule has 1 aliphatic heterocycles. The maximum atomic E-state index is 12.8. The summed E-state index contributed by atoms with van der Waals surface area (Å²) in [6, 6.07) is 11.6. The lowest BCUT2D eigenvalue weighted by atomic mass is 10.1. The van der Waals surface area contributed by atoms with E-state index in [4.69, 9.17) is 18.9 Å². The number of aromatic nitrogens is 3. The summed E-state index contributed by atoms with van der Waals surface area (Å²) in [5.41, 5.74) is 1.51. The van der Waals surface area contributed by atoms with Crippen molar-refractivity contribution in [1.82, 2.24) is 15.0 Å².